The Labute approximate surface area is 188 Å². The lowest BCUT2D eigenvalue weighted by atomic mass is 9.96. The lowest BCUT2D eigenvalue weighted by molar-refractivity contribution is -0.385. The number of hydrogen-bond donors (Lipinski definition) is 0. The fourth-order valence-corrected chi connectivity index (χ4v) is 4.69. The van der Waals surface area contributed by atoms with E-state index in [1.807, 2.05) is 13.0 Å². The maximum absolute atomic E-state index is 10.8. The molecule has 0 bridgehead atoms. The lowest BCUT2D eigenvalue weighted by Crippen LogP contribution is -1.99. The van der Waals surface area contributed by atoms with Crippen LogP contribution in [0.3, 0.4) is 0 Å². The second-order valence-electron chi connectivity index (χ2n) is 7.11. The Hall–Kier alpha value is -3.77. The standard InChI is InChI=1S/C23H20N4O4S/c1-2-30-20-11-15(7-9-19(20)31-22-10-8-16(14-25-22)27(28)29)13-26-23-18(12-24)17-5-3-4-6-21(17)32-23/h7-11,13-14H,2-6H2,1H3. The van der Waals surface area contributed by atoms with Crippen LogP contribution >= 0.6 is 11.3 Å². The van der Waals surface area contributed by atoms with Gasteiger partial charge in [0.25, 0.3) is 5.69 Å². The van der Waals surface area contributed by atoms with Crippen molar-refractivity contribution >= 4 is 28.2 Å². The smallest absolute Gasteiger partial charge is 0.287 e. The van der Waals surface area contributed by atoms with Crippen molar-refractivity contribution in [3.8, 4) is 23.4 Å². The SMILES string of the molecule is CCOc1cc(C=Nc2sc3c(c2C#N)CCCC3)ccc1Oc1ccc([N+](=O)[O-])cn1. The number of rotatable bonds is 7. The van der Waals surface area contributed by atoms with Crippen molar-refractivity contribution in [1.82, 2.24) is 4.98 Å². The van der Waals surface area contributed by atoms with Crippen LogP contribution in [0.15, 0.2) is 41.5 Å². The van der Waals surface area contributed by atoms with Crippen molar-refractivity contribution < 1.29 is 14.4 Å². The number of pyridine rings is 1. The number of hydrogen-bond acceptors (Lipinski definition) is 8. The van der Waals surface area contributed by atoms with Gasteiger partial charge in [0.1, 0.15) is 17.3 Å². The molecule has 4 rings (SSSR count). The van der Waals surface area contributed by atoms with E-state index in [-0.39, 0.29) is 11.6 Å². The number of thiophene rings is 1. The molecule has 0 unspecified atom stereocenters. The Morgan fingerprint density at radius 2 is 2.12 bits per heavy atom. The molecule has 32 heavy (non-hydrogen) atoms. The van der Waals surface area contributed by atoms with Gasteiger partial charge in [-0.25, -0.2) is 9.98 Å². The van der Waals surface area contributed by atoms with E-state index in [0.29, 0.717) is 23.7 Å². The van der Waals surface area contributed by atoms with Gasteiger partial charge in [-0.3, -0.25) is 10.1 Å². The van der Waals surface area contributed by atoms with Crippen LogP contribution in [0.4, 0.5) is 10.7 Å². The fraction of sp³-hybridized carbons (Fsp3) is 0.261. The van der Waals surface area contributed by atoms with Gasteiger partial charge in [0.05, 0.1) is 17.1 Å². The third kappa shape index (κ3) is 4.60. The van der Waals surface area contributed by atoms with E-state index in [9.17, 15) is 15.4 Å². The highest BCUT2D eigenvalue weighted by Crippen LogP contribution is 2.39. The molecule has 0 fully saturated rings. The van der Waals surface area contributed by atoms with Gasteiger partial charge in [-0.1, -0.05) is 0 Å². The Morgan fingerprint density at radius 3 is 2.84 bits per heavy atom. The molecule has 8 nitrogen and oxygen atoms in total. The molecular formula is C23H20N4O4S. The van der Waals surface area contributed by atoms with Gasteiger partial charge in [0.2, 0.25) is 5.88 Å². The zero-order valence-corrected chi connectivity index (χ0v) is 18.2. The average molecular weight is 449 g/mol. The number of fused-ring (bicyclic) bond motifs is 1. The minimum absolute atomic E-state index is 0.110. The van der Waals surface area contributed by atoms with Crippen molar-refractivity contribution in [3.63, 3.8) is 0 Å². The second-order valence-corrected chi connectivity index (χ2v) is 8.20. The maximum Gasteiger partial charge on any atom is 0.287 e. The summed E-state index contributed by atoms with van der Waals surface area (Å²) >= 11 is 1.60. The molecule has 0 saturated heterocycles. The molecule has 0 amide bonds. The molecule has 2 heterocycles. The van der Waals surface area contributed by atoms with Gasteiger partial charge in [0, 0.05) is 23.2 Å². The number of benzene rings is 1. The molecule has 0 N–H and O–H groups in total. The zero-order valence-electron chi connectivity index (χ0n) is 17.4. The Bertz CT molecular complexity index is 1210. The van der Waals surface area contributed by atoms with Gasteiger partial charge in [-0.15, -0.1) is 11.3 Å². The number of aliphatic imine (C=N–C) groups is 1. The molecule has 2 aromatic heterocycles. The van der Waals surface area contributed by atoms with Crippen LogP contribution in [0, 0.1) is 21.4 Å². The van der Waals surface area contributed by atoms with E-state index < -0.39 is 4.92 Å². The number of aryl methyl sites for hydroxylation is 1. The molecule has 1 aromatic carbocycles. The van der Waals surface area contributed by atoms with E-state index in [1.54, 1.807) is 29.7 Å². The summed E-state index contributed by atoms with van der Waals surface area (Å²) in [4.78, 5) is 20.1. The van der Waals surface area contributed by atoms with E-state index >= 15 is 0 Å². The van der Waals surface area contributed by atoms with Gasteiger partial charge in [-0.05, 0) is 61.9 Å². The van der Waals surface area contributed by atoms with Gasteiger partial charge in [-0.2, -0.15) is 5.26 Å². The normalized spacial score (nSPS) is 12.9. The highest BCUT2D eigenvalue weighted by atomic mass is 32.1. The molecule has 9 heteroatoms. The zero-order chi connectivity index (χ0) is 22.5. The van der Waals surface area contributed by atoms with Crippen LogP contribution < -0.4 is 9.47 Å². The summed E-state index contributed by atoms with van der Waals surface area (Å²) in [6.07, 6.45) is 7.09. The quantitative estimate of drug-likeness (QED) is 0.259. The molecule has 1 aliphatic rings. The summed E-state index contributed by atoms with van der Waals surface area (Å²) in [6.45, 7) is 2.30. The molecule has 1 aliphatic carbocycles. The Morgan fingerprint density at radius 1 is 1.28 bits per heavy atom. The van der Waals surface area contributed by atoms with Crippen molar-refractivity contribution in [3.05, 3.63) is 68.2 Å². The fourth-order valence-electron chi connectivity index (χ4n) is 3.50. The molecular weight excluding hydrogens is 428 g/mol. The summed E-state index contributed by atoms with van der Waals surface area (Å²) in [5, 5.41) is 21.1. The summed E-state index contributed by atoms with van der Waals surface area (Å²) in [5.41, 5.74) is 2.54. The second kappa shape index (κ2) is 9.58. The lowest BCUT2D eigenvalue weighted by Gasteiger charge is -2.11. The number of ether oxygens (including phenoxy) is 2. The molecule has 0 saturated carbocycles. The minimum Gasteiger partial charge on any atom is -0.490 e. The van der Waals surface area contributed by atoms with Crippen LogP contribution in [0.1, 0.15) is 41.3 Å². The molecule has 0 spiro atoms. The minimum atomic E-state index is -0.516. The maximum atomic E-state index is 10.8. The first-order valence-corrected chi connectivity index (χ1v) is 11.0. The summed E-state index contributed by atoms with van der Waals surface area (Å²) in [7, 11) is 0. The molecule has 3 aromatic rings. The van der Waals surface area contributed by atoms with Crippen molar-refractivity contribution in [1.29, 1.82) is 5.26 Å². The topological polar surface area (TPSA) is 111 Å². The molecule has 162 valence electrons. The number of nitriles is 1. The first kappa shape index (κ1) is 21.5. The van der Waals surface area contributed by atoms with Gasteiger partial charge < -0.3 is 9.47 Å². The van der Waals surface area contributed by atoms with Crippen LogP contribution in [0.5, 0.6) is 17.4 Å². The van der Waals surface area contributed by atoms with Crippen LogP contribution in [-0.4, -0.2) is 22.7 Å². The van der Waals surface area contributed by atoms with Crippen LogP contribution in [0.25, 0.3) is 0 Å². The average Bonchev–Trinajstić information content (AvgIpc) is 3.17. The summed E-state index contributed by atoms with van der Waals surface area (Å²) in [5.74, 6) is 1.16. The van der Waals surface area contributed by atoms with E-state index in [1.165, 1.54) is 17.0 Å². The third-order valence-corrected chi connectivity index (χ3v) is 6.21. The number of nitrogens with zero attached hydrogens (tertiary/aromatic N) is 4. The largest absolute Gasteiger partial charge is 0.490 e. The van der Waals surface area contributed by atoms with Crippen molar-refractivity contribution in [2.24, 2.45) is 4.99 Å². The predicted octanol–water partition coefficient (Wildman–Crippen LogP) is 5.74. The highest BCUT2D eigenvalue weighted by Gasteiger charge is 2.20. The molecule has 0 aliphatic heterocycles. The third-order valence-electron chi connectivity index (χ3n) is 5.01. The predicted molar refractivity (Wildman–Crippen MR) is 122 cm³/mol. The number of nitro groups is 1. The summed E-state index contributed by atoms with van der Waals surface area (Å²) in [6, 6.07) is 10.4. The highest BCUT2D eigenvalue weighted by molar-refractivity contribution is 7.16. The Kier molecular flexibility index (Phi) is 6.42. The first-order chi connectivity index (χ1) is 15.6. The van der Waals surface area contributed by atoms with E-state index in [2.05, 4.69) is 16.0 Å². The van der Waals surface area contributed by atoms with Gasteiger partial charge in [0.15, 0.2) is 11.5 Å². The Balaban J connectivity index is 1.57. The van der Waals surface area contributed by atoms with Crippen molar-refractivity contribution in [2.75, 3.05) is 6.61 Å². The van der Waals surface area contributed by atoms with E-state index in [0.717, 1.165) is 48.0 Å². The van der Waals surface area contributed by atoms with Gasteiger partial charge >= 0.3 is 0 Å². The van der Waals surface area contributed by atoms with E-state index in [4.69, 9.17) is 9.47 Å². The van der Waals surface area contributed by atoms with Crippen LogP contribution in [0.2, 0.25) is 0 Å². The first-order valence-electron chi connectivity index (χ1n) is 10.2. The number of aromatic nitrogens is 1. The molecule has 0 radical (unpaired) electrons. The summed E-state index contributed by atoms with van der Waals surface area (Å²) < 4.78 is 11.5. The van der Waals surface area contributed by atoms with Crippen LogP contribution in [-0.2, 0) is 12.8 Å². The monoisotopic (exact) mass is 448 g/mol. The van der Waals surface area contributed by atoms with Crippen molar-refractivity contribution in [2.45, 2.75) is 32.6 Å². The molecule has 0 atom stereocenters.